The van der Waals surface area contributed by atoms with Crippen LogP contribution >= 0.6 is 0 Å². The van der Waals surface area contributed by atoms with E-state index in [4.69, 9.17) is 4.74 Å². The van der Waals surface area contributed by atoms with Crippen molar-refractivity contribution in [1.82, 2.24) is 4.90 Å². The Balaban J connectivity index is 2.84. The first-order valence-corrected chi connectivity index (χ1v) is 6.98. The minimum Gasteiger partial charge on any atom is -0.497 e. The SMILES string of the molecule is COC(=O)CCN(CC(C)C)C(=O)c1cccc(OC)c1. The van der Waals surface area contributed by atoms with Gasteiger partial charge in [-0.1, -0.05) is 19.9 Å². The first-order chi connectivity index (χ1) is 9.97. The van der Waals surface area contributed by atoms with E-state index in [1.165, 1.54) is 7.11 Å². The quantitative estimate of drug-likeness (QED) is 0.724. The zero-order valence-corrected chi connectivity index (χ0v) is 13.1. The molecule has 0 spiro atoms. The van der Waals surface area contributed by atoms with Gasteiger partial charge in [-0.25, -0.2) is 0 Å². The average Bonchev–Trinajstić information content (AvgIpc) is 2.49. The van der Waals surface area contributed by atoms with Crippen molar-refractivity contribution < 1.29 is 19.1 Å². The van der Waals surface area contributed by atoms with Crippen LogP contribution in [0.1, 0.15) is 30.6 Å². The number of nitrogens with zero attached hydrogens (tertiary/aromatic N) is 1. The van der Waals surface area contributed by atoms with Crippen LogP contribution in [0.4, 0.5) is 0 Å². The van der Waals surface area contributed by atoms with Crippen LogP contribution in [0.25, 0.3) is 0 Å². The van der Waals surface area contributed by atoms with Crippen molar-refractivity contribution in [1.29, 1.82) is 0 Å². The number of rotatable bonds is 7. The van der Waals surface area contributed by atoms with Crippen molar-refractivity contribution in [2.24, 2.45) is 5.92 Å². The van der Waals surface area contributed by atoms with Gasteiger partial charge in [0.2, 0.25) is 0 Å². The smallest absolute Gasteiger partial charge is 0.307 e. The summed E-state index contributed by atoms with van der Waals surface area (Å²) in [6.45, 7) is 5.00. The van der Waals surface area contributed by atoms with E-state index in [0.717, 1.165) is 0 Å². The molecule has 0 unspecified atom stereocenters. The number of esters is 1. The van der Waals surface area contributed by atoms with E-state index in [9.17, 15) is 9.59 Å². The topological polar surface area (TPSA) is 55.8 Å². The number of amides is 1. The lowest BCUT2D eigenvalue weighted by Gasteiger charge is -2.24. The minimum atomic E-state index is -0.317. The highest BCUT2D eigenvalue weighted by atomic mass is 16.5. The van der Waals surface area contributed by atoms with E-state index in [2.05, 4.69) is 4.74 Å². The Morgan fingerprint density at radius 2 is 1.95 bits per heavy atom. The molecule has 0 saturated heterocycles. The minimum absolute atomic E-state index is 0.105. The Morgan fingerprint density at radius 3 is 2.52 bits per heavy atom. The predicted molar refractivity (Wildman–Crippen MR) is 80.4 cm³/mol. The van der Waals surface area contributed by atoms with Crippen LogP contribution in [0, 0.1) is 5.92 Å². The Labute approximate surface area is 125 Å². The molecule has 5 nitrogen and oxygen atoms in total. The molecular weight excluding hydrogens is 270 g/mol. The van der Waals surface area contributed by atoms with E-state index in [1.807, 2.05) is 13.8 Å². The van der Waals surface area contributed by atoms with Gasteiger partial charge in [0.1, 0.15) is 5.75 Å². The number of methoxy groups -OCH3 is 2. The van der Waals surface area contributed by atoms with Gasteiger partial charge in [0.05, 0.1) is 20.6 Å². The number of hydrogen-bond donors (Lipinski definition) is 0. The molecule has 0 aliphatic heterocycles. The number of hydrogen-bond acceptors (Lipinski definition) is 4. The second-order valence-electron chi connectivity index (χ2n) is 5.20. The number of ether oxygens (including phenoxy) is 2. The number of carbonyl (C=O) groups excluding carboxylic acids is 2. The normalized spacial score (nSPS) is 10.3. The molecule has 0 atom stereocenters. The largest absolute Gasteiger partial charge is 0.497 e. The van der Waals surface area contributed by atoms with Crippen molar-refractivity contribution in [2.45, 2.75) is 20.3 Å². The van der Waals surface area contributed by atoms with Gasteiger partial charge in [-0.2, -0.15) is 0 Å². The van der Waals surface area contributed by atoms with Crippen LogP contribution in [0.5, 0.6) is 5.75 Å². The van der Waals surface area contributed by atoms with Gasteiger partial charge in [0.25, 0.3) is 5.91 Å². The molecule has 21 heavy (non-hydrogen) atoms. The van der Waals surface area contributed by atoms with Gasteiger partial charge in [0.15, 0.2) is 0 Å². The van der Waals surface area contributed by atoms with Crippen molar-refractivity contribution >= 4 is 11.9 Å². The lowest BCUT2D eigenvalue weighted by molar-refractivity contribution is -0.140. The van der Waals surface area contributed by atoms with Crippen LogP contribution in [-0.4, -0.2) is 44.1 Å². The highest BCUT2D eigenvalue weighted by Crippen LogP contribution is 2.15. The molecule has 0 fully saturated rings. The van der Waals surface area contributed by atoms with Crippen LogP contribution in [0.3, 0.4) is 0 Å². The Kier molecular flexibility index (Phi) is 6.72. The summed E-state index contributed by atoms with van der Waals surface area (Å²) in [4.78, 5) is 25.5. The van der Waals surface area contributed by atoms with E-state index in [1.54, 1.807) is 36.3 Å². The summed E-state index contributed by atoms with van der Waals surface area (Å²) in [5.74, 6) is 0.532. The molecule has 0 N–H and O–H groups in total. The van der Waals surface area contributed by atoms with Crippen LogP contribution in [0.2, 0.25) is 0 Å². The van der Waals surface area contributed by atoms with E-state index < -0.39 is 0 Å². The fourth-order valence-electron chi connectivity index (χ4n) is 1.98. The van der Waals surface area contributed by atoms with Crippen molar-refractivity contribution in [3.8, 4) is 5.75 Å². The van der Waals surface area contributed by atoms with Crippen LogP contribution < -0.4 is 4.74 Å². The van der Waals surface area contributed by atoms with Crippen LogP contribution in [-0.2, 0) is 9.53 Å². The Morgan fingerprint density at radius 1 is 1.24 bits per heavy atom. The molecule has 1 rings (SSSR count). The predicted octanol–water partition coefficient (Wildman–Crippen LogP) is 2.36. The first kappa shape index (κ1) is 17.0. The van der Waals surface area contributed by atoms with Gasteiger partial charge in [-0.05, 0) is 24.1 Å². The molecule has 0 bridgehead atoms. The zero-order valence-electron chi connectivity index (χ0n) is 13.1. The third kappa shape index (κ3) is 5.45. The highest BCUT2D eigenvalue weighted by molar-refractivity contribution is 5.94. The van der Waals surface area contributed by atoms with E-state index in [-0.39, 0.29) is 18.3 Å². The van der Waals surface area contributed by atoms with Crippen LogP contribution in [0.15, 0.2) is 24.3 Å². The summed E-state index contributed by atoms with van der Waals surface area (Å²) in [5, 5.41) is 0. The van der Waals surface area contributed by atoms with Gasteiger partial charge >= 0.3 is 5.97 Å². The molecule has 116 valence electrons. The second-order valence-corrected chi connectivity index (χ2v) is 5.20. The Hall–Kier alpha value is -2.04. The zero-order chi connectivity index (χ0) is 15.8. The van der Waals surface area contributed by atoms with E-state index in [0.29, 0.717) is 30.3 Å². The van der Waals surface area contributed by atoms with Gasteiger partial charge < -0.3 is 14.4 Å². The van der Waals surface area contributed by atoms with Gasteiger partial charge in [-0.15, -0.1) is 0 Å². The fourth-order valence-corrected chi connectivity index (χ4v) is 1.98. The molecule has 0 aliphatic rings. The summed E-state index contributed by atoms with van der Waals surface area (Å²) >= 11 is 0. The number of carbonyl (C=O) groups is 2. The molecule has 1 aromatic rings. The third-order valence-corrected chi connectivity index (χ3v) is 3.00. The summed E-state index contributed by atoms with van der Waals surface area (Å²) in [7, 11) is 2.91. The molecule has 0 radical (unpaired) electrons. The summed E-state index contributed by atoms with van der Waals surface area (Å²) < 4.78 is 9.77. The maximum Gasteiger partial charge on any atom is 0.307 e. The lowest BCUT2D eigenvalue weighted by atomic mass is 10.1. The van der Waals surface area contributed by atoms with Crippen molar-refractivity contribution in [3.63, 3.8) is 0 Å². The maximum absolute atomic E-state index is 12.6. The lowest BCUT2D eigenvalue weighted by Crippen LogP contribution is -2.36. The molecule has 1 aromatic carbocycles. The maximum atomic E-state index is 12.6. The molecule has 0 aromatic heterocycles. The van der Waals surface area contributed by atoms with Gasteiger partial charge in [0, 0.05) is 18.7 Å². The van der Waals surface area contributed by atoms with Crippen molar-refractivity contribution in [2.75, 3.05) is 27.3 Å². The first-order valence-electron chi connectivity index (χ1n) is 6.98. The fraction of sp³-hybridized carbons (Fsp3) is 0.500. The molecular formula is C16H23NO4. The van der Waals surface area contributed by atoms with Gasteiger partial charge in [-0.3, -0.25) is 9.59 Å². The molecule has 0 aliphatic carbocycles. The standard InChI is InChI=1S/C16H23NO4/c1-12(2)11-17(9-8-15(18)21-4)16(19)13-6-5-7-14(10-13)20-3/h5-7,10,12H,8-9,11H2,1-4H3. The van der Waals surface area contributed by atoms with E-state index >= 15 is 0 Å². The molecule has 0 heterocycles. The average molecular weight is 293 g/mol. The summed E-state index contributed by atoms with van der Waals surface area (Å²) in [6.07, 6.45) is 0.193. The second kappa shape index (κ2) is 8.29. The summed E-state index contributed by atoms with van der Waals surface area (Å²) in [6, 6.07) is 7.02. The monoisotopic (exact) mass is 293 g/mol. The van der Waals surface area contributed by atoms with Crippen molar-refractivity contribution in [3.05, 3.63) is 29.8 Å². The molecule has 0 saturated carbocycles. The number of benzene rings is 1. The Bertz CT molecular complexity index is 485. The third-order valence-electron chi connectivity index (χ3n) is 3.00. The molecule has 1 amide bonds. The highest BCUT2D eigenvalue weighted by Gasteiger charge is 2.18. The summed E-state index contributed by atoms with van der Waals surface area (Å²) in [5.41, 5.74) is 0.555. The molecule has 5 heteroatoms.